The maximum atomic E-state index is 14.4. The number of ether oxygens (including phenoxy) is 3. The first-order valence-corrected chi connectivity index (χ1v) is 16.6. The van der Waals surface area contributed by atoms with Crippen molar-refractivity contribution in [1.82, 2.24) is 4.57 Å². The van der Waals surface area contributed by atoms with E-state index in [9.17, 15) is 27.6 Å². The molecule has 0 fully saturated rings. The van der Waals surface area contributed by atoms with E-state index in [4.69, 9.17) is 37.4 Å². The molecule has 1 aliphatic rings. The summed E-state index contributed by atoms with van der Waals surface area (Å²) < 4.78 is 60.9. The van der Waals surface area contributed by atoms with E-state index in [-0.39, 0.29) is 45.5 Å². The molecule has 1 aromatic heterocycles. The number of hydrogen-bond donors (Lipinski definition) is 0. The van der Waals surface area contributed by atoms with Crippen molar-refractivity contribution in [1.29, 1.82) is 0 Å². The van der Waals surface area contributed by atoms with Crippen molar-refractivity contribution >= 4 is 68.5 Å². The maximum absolute atomic E-state index is 14.4. The standard InChI is InChI=1S/C33H24BrCl2F3N2O6S/c1-3-45-30(43)19-7-5-17(6-8-19)16-47-27-20(13-22(36)15-23(27)34)14-24-29(42)41-26(18-9-11-21(35)12-10-18)25(31(44)46-4-2)28(33(37,38)39)40-32(41)48-24/h5-15,26H,3-4,16H2,1-2H3/b24-14-/t26-/m0/s1. The highest BCUT2D eigenvalue weighted by atomic mass is 79.9. The largest absolute Gasteiger partial charge is 0.487 e. The van der Waals surface area contributed by atoms with Crippen LogP contribution >= 0.6 is 50.5 Å². The van der Waals surface area contributed by atoms with E-state index in [1.54, 1.807) is 37.3 Å². The predicted octanol–water partition coefficient (Wildman–Crippen LogP) is 7.17. The van der Waals surface area contributed by atoms with Crippen LogP contribution in [0.3, 0.4) is 0 Å². The molecule has 0 spiro atoms. The molecule has 8 nitrogen and oxygen atoms in total. The zero-order valence-electron chi connectivity index (χ0n) is 25.1. The van der Waals surface area contributed by atoms with E-state index < -0.39 is 41.0 Å². The Balaban J connectivity index is 1.63. The van der Waals surface area contributed by atoms with Crippen LogP contribution in [0.5, 0.6) is 5.75 Å². The fraction of sp³-hybridized carbons (Fsp3) is 0.212. The van der Waals surface area contributed by atoms with Gasteiger partial charge in [0, 0.05) is 15.6 Å². The third-order valence-electron chi connectivity index (χ3n) is 6.95. The lowest BCUT2D eigenvalue weighted by atomic mass is 9.95. The fourth-order valence-corrected chi connectivity index (χ4v) is 6.96. The first-order chi connectivity index (χ1) is 22.8. The number of carbonyl (C=O) groups is 2. The monoisotopic (exact) mass is 782 g/mol. The molecule has 0 bridgehead atoms. The Kier molecular flexibility index (Phi) is 10.8. The van der Waals surface area contributed by atoms with Gasteiger partial charge < -0.3 is 14.2 Å². The van der Waals surface area contributed by atoms with Crippen molar-refractivity contribution < 1.29 is 37.0 Å². The molecule has 4 aromatic rings. The average molecular weight is 784 g/mol. The highest BCUT2D eigenvalue weighted by Crippen LogP contribution is 2.39. The van der Waals surface area contributed by atoms with Crippen molar-refractivity contribution in [3.8, 4) is 5.75 Å². The Morgan fingerprint density at radius 1 is 0.979 bits per heavy atom. The molecule has 0 saturated heterocycles. The lowest BCUT2D eigenvalue weighted by molar-refractivity contribution is -0.140. The number of benzene rings is 3. The molecule has 1 aliphatic heterocycles. The van der Waals surface area contributed by atoms with Crippen molar-refractivity contribution in [2.45, 2.75) is 32.7 Å². The minimum Gasteiger partial charge on any atom is -0.487 e. The highest BCUT2D eigenvalue weighted by molar-refractivity contribution is 9.10. The van der Waals surface area contributed by atoms with Gasteiger partial charge in [0.25, 0.3) is 5.56 Å². The van der Waals surface area contributed by atoms with Crippen LogP contribution in [-0.4, -0.2) is 35.9 Å². The van der Waals surface area contributed by atoms with Crippen LogP contribution in [0.15, 0.2) is 86.2 Å². The number of allylic oxidation sites excluding steroid dienone is 1. The minimum atomic E-state index is -5.05. The predicted molar refractivity (Wildman–Crippen MR) is 178 cm³/mol. The number of alkyl halides is 3. The molecule has 2 heterocycles. The molecule has 0 saturated carbocycles. The summed E-state index contributed by atoms with van der Waals surface area (Å²) in [5.74, 6) is -1.42. The van der Waals surface area contributed by atoms with Gasteiger partial charge in [0.15, 0.2) is 10.5 Å². The van der Waals surface area contributed by atoms with Crippen molar-refractivity contribution in [3.05, 3.63) is 128 Å². The number of nitrogens with zero attached hydrogens (tertiary/aromatic N) is 2. The van der Waals surface area contributed by atoms with Gasteiger partial charge in [0.2, 0.25) is 0 Å². The lowest BCUT2D eigenvalue weighted by Crippen LogP contribution is -2.41. The molecule has 0 aliphatic carbocycles. The summed E-state index contributed by atoms with van der Waals surface area (Å²) in [4.78, 5) is 42.6. The van der Waals surface area contributed by atoms with Crippen LogP contribution in [0.1, 0.15) is 46.9 Å². The van der Waals surface area contributed by atoms with Gasteiger partial charge in [0.05, 0.1) is 39.4 Å². The second-order valence-corrected chi connectivity index (χ2v) is 12.9. The maximum Gasteiger partial charge on any atom is 0.434 e. The van der Waals surface area contributed by atoms with E-state index in [0.717, 1.165) is 4.57 Å². The normalized spacial score (nSPS) is 14.8. The van der Waals surface area contributed by atoms with Gasteiger partial charge in [-0.05, 0) is 83.4 Å². The molecule has 0 amide bonds. The molecule has 1 atom stereocenters. The first kappa shape index (κ1) is 35.4. The molecule has 0 unspecified atom stereocenters. The Hall–Kier alpha value is -3.91. The van der Waals surface area contributed by atoms with Gasteiger partial charge in [-0.3, -0.25) is 9.36 Å². The number of carbonyl (C=O) groups excluding carboxylic acids is 2. The van der Waals surface area contributed by atoms with Gasteiger partial charge in [-0.25, -0.2) is 14.6 Å². The Bertz CT molecular complexity index is 2100. The summed E-state index contributed by atoms with van der Waals surface area (Å²) in [6.07, 6.45) is -3.62. The SMILES string of the molecule is CCOC(=O)C1=C(C(F)(F)F)N=c2s/c(=C\c3cc(Cl)cc(Br)c3OCc3ccc(C(=O)OCC)cc3)c(=O)n2[C@H]1c1ccc(Cl)cc1. The smallest absolute Gasteiger partial charge is 0.434 e. The van der Waals surface area contributed by atoms with Gasteiger partial charge in [0.1, 0.15) is 12.4 Å². The van der Waals surface area contributed by atoms with Crippen LogP contribution in [0.2, 0.25) is 10.0 Å². The third kappa shape index (κ3) is 7.54. The van der Waals surface area contributed by atoms with E-state index in [1.807, 2.05) is 0 Å². The molecular weight excluding hydrogens is 760 g/mol. The van der Waals surface area contributed by atoms with Crippen molar-refractivity contribution in [2.75, 3.05) is 13.2 Å². The summed E-state index contributed by atoms with van der Waals surface area (Å²) in [7, 11) is 0. The number of thiazole rings is 1. The minimum absolute atomic E-state index is 0.00264. The number of rotatable bonds is 9. The Morgan fingerprint density at radius 2 is 1.62 bits per heavy atom. The molecule has 48 heavy (non-hydrogen) atoms. The van der Waals surface area contributed by atoms with Gasteiger partial charge in [-0.15, -0.1) is 0 Å². The second-order valence-electron chi connectivity index (χ2n) is 10.1. The fourth-order valence-electron chi connectivity index (χ4n) is 4.89. The number of aromatic nitrogens is 1. The summed E-state index contributed by atoms with van der Waals surface area (Å²) in [5.41, 5.74) is -1.38. The third-order valence-corrected chi connectivity index (χ3v) is 8.99. The van der Waals surface area contributed by atoms with Gasteiger partial charge in [-0.2, -0.15) is 13.2 Å². The lowest BCUT2D eigenvalue weighted by Gasteiger charge is -2.26. The summed E-state index contributed by atoms with van der Waals surface area (Å²) >= 11 is 16.5. The summed E-state index contributed by atoms with van der Waals surface area (Å²) in [5, 5.41) is 0.591. The topological polar surface area (TPSA) is 96.2 Å². The zero-order valence-corrected chi connectivity index (χ0v) is 29.0. The van der Waals surface area contributed by atoms with E-state index >= 15 is 0 Å². The molecule has 250 valence electrons. The molecule has 5 rings (SSSR count). The van der Waals surface area contributed by atoms with Gasteiger partial charge >= 0.3 is 18.1 Å². The van der Waals surface area contributed by atoms with Gasteiger partial charge in [-0.1, -0.05) is 58.8 Å². The van der Waals surface area contributed by atoms with Crippen LogP contribution in [0.25, 0.3) is 6.08 Å². The van der Waals surface area contributed by atoms with E-state index in [2.05, 4.69) is 20.9 Å². The van der Waals surface area contributed by atoms with E-state index in [0.29, 0.717) is 37.5 Å². The zero-order chi connectivity index (χ0) is 34.7. The first-order valence-electron chi connectivity index (χ1n) is 14.3. The van der Waals surface area contributed by atoms with Crippen LogP contribution in [0.4, 0.5) is 13.2 Å². The number of hydrogen-bond acceptors (Lipinski definition) is 8. The number of esters is 2. The quantitative estimate of drug-likeness (QED) is 0.167. The molecule has 15 heteroatoms. The highest BCUT2D eigenvalue weighted by Gasteiger charge is 2.45. The molecule has 0 N–H and O–H groups in total. The van der Waals surface area contributed by atoms with Crippen LogP contribution in [0, 0.1) is 0 Å². The second kappa shape index (κ2) is 14.7. The average Bonchev–Trinajstić information content (AvgIpc) is 3.34. The van der Waals surface area contributed by atoms with Crippen LogP contribution in [-0.2, 0) is 20.9 Å². The Labute approximate surface area is 293 Å². The molecule has 0 radical (unpaired) electrons. The summed E-state index contributed by atoms with van der Waals surface area (Å²) in [6.45, 7) is 3.27. The van der Waals surface area contributed by atoms with Crippen LogP contribution < -0.4 is 19.6 Å². The van der Waals surface area contributed by atoms with E-state index in [1.165, 1.54) is 43.3 Å². The molecule has 3 aromatic carbocycles. The number of halogens is 6. The summed E-state index contributed by atoms with van der Waals surface area (Å²) in [6, 6.07) is 14.0. The molecular formula is C33H24BrCl2F3N2O6S. The van der Waals surface area contributed by atoms with Crippen molar-refractivity contribution in [3.63, 3.8) is 0 Å². The number of fused-ring (bicyclic) bond motifs is 1. The Morgan fingerprint density at radius 3 is 2.25 bits per heavy atom. The van der Waals surface area contributed by atoms with Crippen molar-refractivity contribution in [2.24, 2.45) is 4.99 Å².